The molecule has 0 saturated carbocycles. The number of methoxy groups -OCH3 is 1. The highest BCUT2D eigenvalue weighted by Crippen LogP contribution is 2.44. The molecule has 5 rings (SSSR count). The van der Waals surface area contributed by atoms with E-state index in [1.54, 1.807) is 7.11 Å². The third kappa shape index (κ3) is 4.79. The number of hydrogen-bond acceptors (Lipinski definition) is 4. The van der Waals surface area contributed by atoms with Crippen molar-refractivity contribution in [1.29, 1.82) is 0 Å². The zero-order valence-electron chi connectivity index (χ0n) is 21.8. The summed E-state index contributed by atoms with van der Waals surface area (Å²) >= 11 is 5.92. The lowest BCUT2D eigenvalue weighted by Crippen LogP contribution is -2.29. The minimum Gasteiger partial charge on any atom is -0.497 e. The Kier molecular flexibility index (Phi) is 6.89. The lowest BCUT2D eigenvalue weighted by Gasteiger charge is -2.28. The van der Waals surface area contributed by atoms with Crippen molar-refractivity contribution in [1.82, 2.24) is 14.9 Å². The van der Waals surface area contributed by atoms with Crippen LogP contribution >= 0.6 is 12.2 Å². The fraction of sp³-hybridized carbons (Fsp3) is 0.267. The number of nitrogens with zero attached hydrogens (tertiary/aromatic N) is 3. The standard InChI is InChI=1S/C30H32N4O2S/c1-19(2)36-24-14-12-22(13-15-24)34-29(28(32-30(34)37)27-11-6-7-16-31-27)26-17-20(3)33(21(26)4)23-9-8-10-25(18-23)35-5/h6-19,28-29H,1-5H3,(H,32,37)/t28-,29+/m1/s1. The van der Waals surface area contributed by atoms with Crippen LogP contribution in [0.5, 0.6) is 11.5 Å². The summed E-state index contributed by atoms with van der Waals surface area (Å²) < 4.78 is 13.6. The first-order chi connectivity index (χ1) is 17.9. The largest absolute Gasteiger partial charge is 0.497 e. The summed E-state index contributed by atoms with van der Waals surface area (Å²) in [6, 6.07) is 24.3. The lowest BCUT2D eigenvalue weighted by molar-refractivity contribution is 0.242. The minimum absolute atomic E-state index is 0.0928. The van der Waals surface area contributed by atoms with Gasteiger partial charge < -0.3 is 24.3 Å². The Morgan fingerprint density at radius 2 is 1.70 bits per heavy atom. The van der Waals surface area contributed by atoms with Gasteiger partial charge >= 0.3 is 0 Å². The maximum Gasteiger partial charge on any atom is 0.174 e. The van der Waals surface area contributed by atoms with Crippen LogP contribution in [0.1, 0.15) is 48.6 Å². The lowest BCUT2D eigenvalue weighted by atomic mass is 9.96. The van der Waals surface area contributed by atoms with Crippen LogP contribution in [0.15, 0.2) is 79.0 Å². The topological polar surface area (TPSA) is 51.5 Å². The average molecular weight is 513 g/mol. The second-order valence-electron chi connectivity index (χ2n) is 9.52. The van der Waals surface area contributed by atoms with Crippen molar-refractivity contribution in [2.45, 2.75) is 45.9 Å². The maximum absolute atomic E-state index is 5.92. The highest BCUT2D eigenvalue weighted by Gasteiger charge is 2.42. The highest BCUT2D eigenvalue weighted by molar-refractivity contribution is 7.80. The number of nitrogens with one attached hydrogen (secondary N) is 1. The van der Waals surface area contributed by atoms with Crippen LogP contribution in [0.25, 0.3) is 5.69 Å². The Hall–Kier alpha value is -3.84. The summed E-state index contributed by atoms with van der Waals surface area (Å²) in [5.74, 6) is 1.66. The first kappa shape index (κ1) is 24.8. The molecule has 0 spiro atoms. The maximum atomic E-state index is 5.92. The Morgan fingerprint density at radius 3 is 2.38 bits per heavy atom. The van der Waals surface area contributed by atoms with Crippen LogP contribution in [0.4, 0.5) is 5.69 Å². The van der Waals surface area contributed by atoms with Crippen molar-refractivity contribution in [3.05, 3.63) is 102 Å². The number of anilines is 1. The highest BCUT2D eigenvalue weighted by atomic mass is 32.1. The Bertz CT molecular complexity index is 1400. The summed E-state index contributed by atoms with van der Waals surface area (Å²) in [6.07, 6.45) is 1.95. The fourth-order valence-electron chi connectivity index (χ4n) is 5.14. The monoisotopic (exact) mass is 512 g/mol. The summed E-state index contributed by atoms with van der Waals surface area (Å²) in [4.78, 5) is 6.89. The van der Waals surface area contributed by atoms with Crippen molar-refractivity contribution >= 4 is 23.0 Å². The zero-order chi connectivity index (χ0) is 26.1. The molecule has 6 nitrogen and oxygen atoms in total. The molecule has 190 valence electrons. The number of pyridine rings is 1. The van der Waals surface area contributed by atoms with Crippen molar-refractivity contribution in [2.75, 3.05) is 12.0 Å². The van der Waals surface area contributed by atoms with E-state index >= 15 is 0 Å². The number of hydrogen-bond donors (Lipinski definition) is 1. The number of aryl methyl sites for hydroxylation is 1. The Balaban J connectivity index is 1.62. The Morgan fingerprint density at radius 1 is 0.919 bits per heavy atom. The van der Waals surface area contributed by atoms with E-state index in [1.807, 2.05) is 56.4 Å². The molecular weight excluding hydrogens is 480 g/mol. The molecule has 3 heterocycles. The molecule has 1 aliphatic rings. The van der Waals surface area contributed by atoms with Crippen molar-refractivity contribution in [3.63, 3.8) is 0 Å². The second-order valence-corrected chi connectivity index (χ2v) is 9.91. The molecule has 1 aliphatic heterocycles. The van der Waals surface area contributed by atoms with Gasteiger partial charge in [-0.05, 0) is 100 Å². The average Bonchev–Trinajstić information content (AvgIpc) is 3.39. The van der Waals surface area contributed by atoms with Crippen LogP contribution in [0.3, 0.4) is 0 Å². The van der Waals surface area contributed by atoms with Gasteiger partial charge in [-0.25, -0.2) is 0 Å². The van der Waals surface area contributed by atoms with Gasteiger partial charge in [-0.15, -0.1) is 0 Å². The van der Waals surface area contributed by atoms with Gasteiger partial charge in [0.25, 0.3) is 0 Å². The molecule has 0 unspecified atom stereocenters. The van der Waals surface area contributed by atoms with Crippen molar-refractivity contribution < 1.29 is 9.47 Å². The summed E-state index contributed by atoms with van der Waals surface area (Å²) in [7, 11) is 1.69. The molecule has 2 aromatic heterocycles. The van der Waals surface area contributed by atoms with Gasteiger partial charge in [0.05, 0.1) is 31.0 Å². The quantitative estimate of drug-likeness (QED) is 0.287. The van der Waals surface area contributed by atoms with E-state index in [-0.39, 0.29) is 18.2 Å². The van der Waals surface area contributed by atoms with E-state index < -0.39 is 0 Å². The SMILES string of the molecule is COc1cccc(-n2c(C)cc([C@H]3[C@@H](c4ccccn4)NC(=S)N3c3ccc(OC(C)C)cc3)c2C)c1. The number of aromatic nitrogens is 2. The predicted octanol–water partition coefficient (Wildman–Crippen LogP) is 6.46. The molecular formula is C30H32N4O2S. The molecule has 2 aromatic carbocycles. The van der Waals surface area contributed by atoms with Crippen LogP contribution in [-0.2, 0) is 0 Å². The summed E-state index contributed by atoms with van der Waals surface area (Å²) in [5, 5.41) is 4.23. The number of ether oxygens (including phenoxy) is 2. The van der Waals surface area contributed by atoms with Gasteiger partial charge in [0.15, 0.2) is 5.11 Å². The molecule has 0 radical (unpaired) electrons. The first-order valence-corrected chi connectivity index (χ1v) is 12.9. The predicted molar refractivity (Wildman–Crippen MR) is 152 cm³/mol. The smallest absolute Gasteiger partial charge is 0.174 e. The molecule has 4 aromatic rings. The third-order valence-corrected chi connectivity index (χ3v) is 7.00. The molecule has 0 aliphatic carbocycles. The van der Waals surface area contributed by atoms with Gasteiger partial charge in [-0.1, -0.05) is 12.1 Å². The Labute approximate surface area is 223 Å². The molecule has 7 heteroatoms. The number of rotatable bonds is 7. The number of benzene rings is 2. The first-order valence-electron chi connectivity index (χ1n) is 12.5. The second kappa shape index (κ2) is 10.3. The van der Waals surface area contributed by atoms with E-state index in [9.17, 15) is 0 Å². The van der Waals surface area contributed by atoms with Crippen LogP contribution in [0, 0.1) is 13.8 Å². The summed E-state index contributed by atoms with van der Waals surface area (Å²) in [6.45, 7) is 8.35. The molecule has 1 fully saturated rings. The van der Waals surface area contributed by atoms with Crippen LogP contribution in [-0.4, -0.2) is 27.9 Å². The van der Waals surface area contributed by atoms with Gasteiger partial charge in [0.2, 0.25) is 0 Å². The molecule has 37 heavy (non-hydrogen) atoms. The van der Waals surface area contributed by atoms with Crippen LogP contribution in [0.2, 0.25) is 0 Å². The van der Waals surface area contributed by atoms with E-state index in [0.29, 0.717) is 5.11 Å². The molecule has 2 atom stereocenters. The van der Waals surface area contributed by atoms with Gasteiger partial charge in [0.1, 0.15) is 11.5 Å². The van der Waals surface area contributed by atoms with Crippen LogP contribution < -0.4 is 19.7 Å². The van der Waals surface area contributed by atoms with Gasteiger partial charge in [0, 0.05) is 35.0 Å². The third-order valence-electron chi connectivity index (χ3n) is 6.69. The molecule has 0 amide bonds. The minimum atomic E-state index is -0.112. The van der Waals surface area contributed by atoms with Gasteiger partial charge in [-0.2, -0.15) is 0 Å². The molecule has 0 bridgehead atoms. The van der Waals surface area contributed by atoms with Crippen molar-refractivity contribution in [2.24, 2.45) is 0 Å². The normalized spacial score (nSPS) is 17.2. The van der Waals surface area contributed by atoms with E-state index in [1.165, 1.54) is 5.56 Å². The molecule has 1 saturated heterocycles. The number of thiocarbonyl (C=S) groups is 1. The van der Waals surface area contributed by atoms with Gasteiger partial charge in [-0.3, -0.25) is 4.98 Å². The van der Waals surface area contributed by atoms with Crippen molar-refractivity contribution in [3.8, 4) is 17.2 Å². The zero-order valence-corrected chi connectivity index (χ0v) is 22.6. The summed E-state index contributed by atoms with van der Waals surface area (Å²) in [5.41, 5.74) is 6.48. The van der Waals surface area contributed by atoms with E-state index in [2.05, 4.69) is 65.0 Å². The van der Waals surface area contributed by atoms with E-state index in [4.69, 9.17) is 26.7 Å². The fourth-order valence-corrected chi connectivity index (χ4v) is 5.49. The molecule has 1 N–H and O–H groups in total. The van der Waals surface area contributed by atoms with E-state index in [0.717, 1.165) is 40.0 Å².